The highest BCUT2D eigenvalue weighted by Crippen LogP contribution is 2.22. The molecule has 0 amide bonds. The molecule has 0 radical (unpaired) electrons. The van der Waals surface area contributed by atoms with E-state index < -0.39 is 0 Å². The van der Waals surface area contributed by atoms with Gasteiger partial charge in [-0.25, -0.2) is 4.98 Å². The van der Waals surface area contributed by atoms with E-state index in [4.69, 9.17) is 4.74 Å². The van der Waals surface area contributed by atoms with Crippen LogP contribution in [-0.2, 0) is 16.1 Å². The number of ether oxygens (including phenoxy) is 1. The maximum absolute atomic E-state index is 13.1. The maximum atomic E-state index is 13.1. The third kappa shape index (κ3) is 3.77. The summed E-state index contributed by atoms with van der Waals surface area (Å²) in [6.45, 7) is -0.128. The number of para-hydroxylation sites is 1. The maximum Gasteiger partial charge on any atom is 0.326 e. The number of rotatable bonds is 4. The van der Waals surface area contributed by atoms with Crippen LogP contribution in [0.1, 0.15) is 32.1 Å². The van der Waals surface area contributed by atoms with Gasteiger partial charge in [0.15, 0.2) is 0 Å². The van der Waals surface area contributed by atoms with Gasteiger partial charge in [-0.3, -0.25) is 14.2 Å². The molecule has 1 aliphatic rings. The molecule has 0 aliphatic heterocycles. The lowest BCUT2D eigenvalue weighted by Gasteiger charge is -2.22. The van der Waals surface area contributed by atoms with Gasteiger partial charge in [-0.15, -0.1) is 0 Å². The summed E-state index contributed by atoms with van der Waals surface area (Å²) in [5.74, 6) is 0.109. The van der Waals surface area contributed by atoms with E-state index in [1.165, 1.54) is 11.0 Å². The predicted octanol–water partition coefficient (Wildman–Crippen LogP) is 3.94. The lowest BCUT2D eigenvalue weighted by molar-refractivity contribution is -0.151. The van der Waals surface area contributed by atoms with Crippen molar-refractivity contribution in [1.29, 1.82) is 0 Å². The summed E-state index contributed by atoms with van der Waals surface area (Å²) in [7, 11) is 0. The van der Waals surface area contributed by atoms with Crippen LogP contribution in [0.2, 0.25) is 0 Å². The molecule has 2 aromatic carbocycles. The predicted molar refractivity (Wildman–Crippen MR) is 104 cm³/mol. The van der Waals surface area contributed by atoms with E-state index in [2.05, 4.69) is 4.98 Å². The molecule has 1 aromatic heterocycles. The molecular formula is C22H22N2O3. The van der Waals surface area contributed by atoms with Gasteiger partial charge >= 0.3 is 5.97 Å². The van der Waals surface area contributed by atoms with Gasteiger partial charge < -0.3 is 4.74 Å². The lowest BCUT2D eigenvalue weighted by atomic mass is 9.98. The zero-order chi connectivity index (χ0) is 18.6. The van der Waals surface area contributed by atoms with Gasteiger partial charge in [0, 0.05) is 5.56 Å². The summed E-state index contributed by atoms with van der Waals surface area (Å²) >= 11 is 0. The van der Waals surface area contributed by atoms with Gasteiger partial charge in [0.2, 0.25) is 0 Å². The van der Waals surface area contributed by atoms with Gasteiger partial charge in [-0.1, -0.05) is 48.9 Å². The minimum absolute atomic E-state index is 0.0319. The van der Waals surface area contributed by atoms with Crippen LogP contribution in [0.5, 0.6) is 0 Å². The van der Waals surface area contributed by atoms with Crippen molar-refractivity contribution in [3.05, 3.63) is 65.0 Å². The second kappa shape index (κ2) is 7.74. The Labute approximate surface area is 157 Å². The molecule has 1 heterocycles. The van der Waals surface area contributed by atoms with Gasteiger partial charge in [0.1, 0.15) is 18.5 Å². The Morgan fingerprint density at radius 1 is 1.00 bits per heavy atom. The average molecular weight is 362 g/mol. The summed E-state index contributed by atoms with van der Waals surface area (Å²) < 4.78 is 7.06. The average Bonchev–Trinajstić information content (AvgIpc) is 2.71. The molecule has 1 aliphatic carbocycles. The van der Waals surface area contributed by atoms with Crippen molar-refractivity contribution in [2.75, 3.05) is 0 Å². The molecule has 0 N–H and O–H groups in total. The third-order valence-corrected chi connectivity index (χ3v) is 5.03. The Hall–Kier alpha value is -2.95. The topological polar surface area (TPSA) is 61.2 Å². The van der Waals surface area contributed by atoms with Gasteiger partial charge in [0.05, 0.1) is 10.9 Å². The van der Waals surface area contributed by atoms with Crippen molar-refractivity contribution in [1.82, 2.24) is 9.55 Å². The van der Waals surface area contributed by atoms with E-state index in [0.717, 1.165) is 31.2 Å². The summed E-state index contributed by atoms with van der Waals surface area (Å²) in [4.78, 5) is 30.3. The highest BCUT2D eigenvalue weighted by Gasteiger charge is 2.20. The van der Waals surface area contributed by atoms with Gasteiger partial charge in [0.25, 0.3) is 5.56 Å². The molecule has 5 heteroatoms. The first-order valence-corrected chi connectivity index (χ1v) is 9.47. The van der Waals surface area contributed by atoms with Crippen LogP contribution in [0.4, 0.5) is 0 Å². The Morgan fingerprint density at radius 2 is 1.70 bits per heavy atom. The van der Waals surface area contributed by atoms with Crippen LogP contribution < -0.4 is 5.56 Å². The summed E-state index contributed by atoms with van der Waals surface area (Å²) in [6, 6.07) is 16.7. The fourth-order valence-electron chi connectivity index (χ4n) is 3.66. The van der Waals surface area contributed by atoms with E-state index in [1.807, 2.05) is 42.5 Å². The third-order valence-electron chi connectivity index (χ3n) is 5.03. The molecule has 1 fully saturated rings. The number of carbonyl (C=O) groups is 1. The molecule has 0 spiro atoms. The minimum atomic E-state index is -0.377. The second-order valence-corrected chi connectivity index (χ2v) is 6.96. The van der Waals surface area contributed by atoms with Gasteiger partial charge in [-0.2, -0.15) is 0 Å². The van der Waals surface area contributed by atoms with Crippen LogP contribution in [0.15, 0.2) is 59.4 Å². The Morgan fingerprint density at radius 3 is 2.48 bits per heavy atom. The molecule has 0 saturated heterocycles. The zero-order valence-corrected chi connectivity index (χ0v) is 15.1. The normalized spacial score (nSPS) is 15.0. The standard InChI is InChI=1S/C22H22N2O3/c25-20(27-17-11-5-2-6-12-17)15-24-21(16-9-3-1-4-10-16)23-19-14-8-7-13-18(19)22(24)26/h1,3-4,7-10,13-14,17H,2,5-6,11-12,15H2. The van der Waals surface area contributed by atoms with E-state index in [9.17, 15) is 9.59 Å². The first-order chi connectivity index (χ1) is 13.2. The van der Waals surface area contributed by atoms with Crippen molar-refractivity contribution in [3.63, 3.8) is 0 Å². The zero-order valence-electron chi connectivity index (χ0n) is 15.1. The molecule has 27 heavy (non-hydrogen) atoms. The van der Waals surface area contributed by atoms with Crippen molar-refractivity contribution < 1.29 is 9.53 Å². The Kier molecular flexibility index (Phi) is 5.01. The molecule has 0 bridgehead atoms. The van der Waals surface area contributed by atoms with Crippen molar-refractivity contribution >= 4 is 16.9 Å². The number of aromatic nitrogens is 2. The van der Waals surface area contributed by atoms with Crippen molar-refractivity contribution in [2.45, 2.75) is 44.8 Å². The van der Waals surface area contributed by atoms with Crippen molar-refractivity contribution in [2.24, 2.45) is 0 Å². The monoisotopic (exact) mass is 362 g/mol. The Bertz CT molecular complexity index is 1000. The number of nitrogens with zero attached hydrogens (tertiary/aromatic N) is 2. The minimum Gasteiger partial charge on any atom is -0.461 e. The van der Waals surface area contributed by atoms with E-state index >= 15 is 0 Å². The van der Waals surface area contributed by atoms with Crippen LogP contribution in [0, 0.1) is 0 Å². The van der Waals surface area contributed by atoms with E-state index in [-0.39, 0.29) is 24.2 Å². The number of esters is 1. The van der Waals surface area contributed by atoms with Gasteiger partial charge in [-0.05, 0) is 37.8 Å². The summed E-state index contributed by atoms with van der Waals surface area (Å²) in [6.07, 6.45) is 5.15. The van der Waals surface area contributed by atoms with Crippen LogP contribution in [0.25, 0.3) is 22.3 Å². The fraction of sp³-hybridized carbons (Fsp3) is 0.318. The highest BCUT2D eigenvalue weighted by atomic mass is 16.5. The smallest absolute Gasteiger partial charge is 0.326 e. The molecular weight excluding hydrogens is 340 g/mol. The largest absolute Gasteiger partial charge is 0.461 e. The van der Waals surface area contributed by atoms with Crippen LogP contribution >= 0.6 is 0 Å². The number of hydrogen-bond acceptors (Lipinski definition) is 4. The quantitative estimate of drug-likeness (QED) is 0.660. The summed E-state index contributed by atoms with van der Waals surface area (Å²) in [5.41, 5.74) is 1.20. The first-order valence-electron chi connectivity index (χ1n) is 9.47. The fourth-order valence-corrected chi connectivity index (χ4v) is 3.66. The highest BCUT2D eigenvalue weighted by molar-refractivity contribution is 5.80. The van der Waals surface area contributed by atoms with Crippen LogP contribution in [-0.4, -0.2) is 21.6 Å². The first kappa shape index (κ1) is 17.5. The van der Waals surface area contributed by atoms with Crippen LogP contribution in [0.3, 0.4) is 0 Å². The number of hydrogen-bond donors (Lipinski definition) is 0. The number of carbonyl (C=O) groups excluding carboxylic acids is 1. The second-order valence-electron chi connectivity index (χ2n) is 6.96. The molecule has 0 unspecified atom stereocenters. The SMILES string of the molecule is O=C(Cn1c(-c2ccccc2)nc2ccccc2c1=O)OC1CCCCC1. The number of fused-ring (bicyclic) bond motifs is 1. The molecule has 0 atom stereocenters. The van der Waals surface area contributed by atoms with E-state index in [0.29, 0.717) is 16.7 Å². The Balaban J connectivity index is 1.72. The molecule has 4 rings (SSSR count). The van der Waals surface area contributed by atoms with Crippen molar-refractivity contribution in [3.8, 4) is 11.4 Å². The summed E-state index contributed by atoms with van der Waals surface area (Å²) in [5, 5.41) is 0.502. The molecule has 3 aromatic rings. The molecule has 5 nitrogen and oxygen atoms in total. The lowest BCUT2D eigenvalue weighted by Crippen LogP contribution is -2.30. The molecule has 138 valence electrons. The molecule has 1 saturated carbocycles. The van der Waals surface area contributed by atoms with E-state index in [1.54, 1.807) is 12.1 Å². The number of benzene rings is 2.